The van der Waals surface area contributed by atoms with E-state index in [1.54, 1.807) is 0 Å². The third-order valence-electron chi connectivity index (χ3n) is 8.20. The maximum Gasteiger partial charge on any atom is 0.255 e. The number of benzene rings is 2. The molecule has 13 heteroatoms. The van der Waals surface area contributed by atoms with E-state index in [0.717, 1.165) is 6.07 Å². The van der Waals surface area contributed by atoms with Crippen molar-refractivity contribution < 1.29 is 41.4 Å². The van der Waals surface area contributed by atoms with Crippen molar-refractivity contribution in [1.82, 2.24) is 4.90 Å². The van der Waals surface area contributed by atoms with Crippen molar-refractivity contribution in [2.45, 2.75) is 54.0 Å². The molecule has 2 aromatic carbocycles. The molecule has 2 amide bonds. The molecule has 2 aliphatic carbocycles. The zero-order chi connectivity index (χ0) is 28.3. The predicted molar refractivity (Wildman–Crippen MR) is 134 cm³/mol. The molecule has 0 radical (unpaired) electrons. The van der Waals surface area contributed by atoms with Gasteiger partial charge in [0.25, 0.3) is 5.91 Å². The standard InChI is InChI=1S/C26H26ClF3N2O6S/c27-19-4-1-13(25(35)31-16-8-20(28)24(30)21(29)9-16)5-22(19)39(37,38)18-6-14-2-3-15(7-18)26(14,36)10-23(34)32-11-17(33)12-32/h1,4-5,8-9,14-15,17-18,33,36H,2-3,6-7,10-12H2,(H,31,35)/t14?,15?,18-,26-. The molecule has 2 unspecified atom stereocenters. The lowest BCUT2D eigenvalue weighted by Crippen LogP contribution is -2.57. The Hall–Kier alpha value is -2.67. The van der Waals surface area contributed by atoms with Crippen molar-refractivity contribution in [3.05, 3.63) is 58.4 Å². The number of rotatable bonds is 6. The van der Waals surface area contributed by atoms with E-state index in [9.17, 15) is 41.4 Å². The van der Waals surface area contributed by atoms with E-state index in [0.29, 0.717) is 25.0 Å². The predicted octanol–water partition coefficient (Wildman–Crippen LogP) is 3.30. The molecule has 3 fully saturated rings. The van der Waals surface area contributed by atoms with Gasteiger partial charge in [-0.2, -0.15) is 0 Å². The van der Waals surface area contributed by atoms with E-state index < -0.39 is 62.0 Å². The van der Waals surface area contributed by atoms with Crippen LogP contribution in [0.5, 0.6) is 0 Å². The van der Waals surface area contributed by atoms with Crippen LogP contribution in [0.25, 0.3) is 0 Å². The highest BCUT2D eigenvalue weighted by Crippen LogP contribution is 2.53. The summed E-state index contributed by atoms with van der Waals surface area (Å²) in [6, 6.07) is 4.73. The first-order valence-corrected chi connectivity index (χ1v) is 14.4. The first-order valence-electron chi connectivity index (χ1n) is 12.5. The maximum atomic E-state index is 13.7. The van der Waals surface area contributed by atoms with E-state index >= 15 is 0 Å². The molecule has 0 aromatic heterocycles. The molecular formula is C26H26ClF3N2O6S. The van der Waals surface area contributed by atoms with Gasteiger partial charge in [-0.3, -0.25) is 9.59 Å². The van der Waals surface area contributed by atoms with Crippen molar-refractivity contribution in [2.24, 2.45) is 11.8 Å². The summed E-state index contributed by atoms with van der Waals surface area (Å²) in [6.07, 6.45) is 0.622. The Labute approximate surface area is 227 Å². The normalized spacial score (nSPS) is 26.8. The number of likely N-dealkylation sites (tertiary alicyclic amines) is 1. The molecule has 3 N–H and O–H groups in total. The molecule has 3 aliphatic rings. The van der Waals surface area contributed by atoms with Gasteiger partial charge in [-0.05, 0) is 55.7 Å². The van der Waals surface area contributed by atoms with Gasteiger partial charge in [-0.15, -0.1) is 0 Å². The molecule has 2 bridgehead atoms. The van der Waals surface area contributed by atoms with E-state index in [1.165, 1.54) is 17.0 Å². The van der Waals surface area contributed by atoms with E-state index in [2.05, 4.69) is 5.32 Å². The molecule has 1 heterocycles. The van der Waals surface area contributed by atoms with Crippen LogP contribution in [0.2, 0.25) is 5.02 Å². The van der Waals surface area contributed by atoms with Crippen LogP contribution in [0.3, 0.4) is 0 Å². The van der Waals surface area contributed by atoms with E-state index in [-0.39, 0.29) is 59.4 Å². The van der Waals surface area contributed by atoms with Crippen LogP contribution in [0.1, 0.15) is 42.5 Å². The number of hydrogen-bond acceptors (Lipinski definition) is 6. The van der Waals surface area contributed by atoms with Crippen molar-refractivity contribution in [3.63, 3.8) is 0 Å². The number of nitrogens with zero attached hydrogens (tertiary/aromatic N) is 1. The molecule has 2 aromatic rings. The zero-order valence-electron chi connectivity index (χ0n) is 20.5. The Kier molecular flexibility index (Phi) is 7.19. The van der Waals surface area contributed by atoms with Gasteiger partial charge in [0.05, 0.1) is 33.3 Å². The fourth-order valence-electron chi connectivity index (χ4n) is 6.04. The Morgan fingerprint density at radius 3 is 2.21 bits per heavy atom. The molecule has 5 rings (SSSR count). The van der Waals surface area contributed by atoms with Crippen LogP contribution < -0.4 is 5.32 Å². The highest BCUT2D eigenvalue weighted by atomic mass is 35.5. The van der Waals surface area contributed by atoms with Crippen LogP contribution in [0.15, 0.2) is 35.2 Å². The average molecular weight is 587 g/mol. The minimum absolute atomic E-state index is 0.103. The summed E-state index contributed by atoms with van der Waals surface area (Å²) in [6.45, 7) is 0.434. The van der Waals surface area contributed by atoms with Gasteiger partial charge in [0, 0.05) is 36.5 Å². The molecule has 1 saturated heterocycles. The van der Waals surface area contributed by atoms with E-state index in [1.807, 2.05) is 0 Å². The van der Waals surface area contributed by atoms with Gasteiger partial charge >= 0.3 is 0 Å². The fraction of sp³-hybridized carbons (Fsp3) is 0.462. The number of hydrogen-bond donors (Lipinski definition) is 3. The summed E-state index contributed by atoms with van der Waals surface area (Å²) >= 11 is 6.23. The zero-order valence-corrected chi connectivity index (χ0v) is 22.1. The number of β-amino-alcohol motifs (C(OH)–C–C–N with tert-alkyl or cyclic N) is 1. The number of aliphatic hydroxyl groups is 2. The third-order valence-corrected chi connectivity index (χ3v) is 10.9. The number of carbonyl (C=O) groups is 2. The van der Waals surface area contributed by atoms with Crippen LogP contribution >= 0.6 is 11.6 Å². The Morgan fingerprint density at radius 2 is 1.64 bits per heavy atom. The Bertz CT molecular complexity index is 1410. The van der Waals surface area contributed by atoms with Crippen molar-refractivity contribution in [3.8, 4) is 0 Å². The van der Waals surface area contributed by atoms with E-state index in [4.69, 9.17) is 11.6 Å². The van der Waals surface area contributed by atoms with Gasteiger partial charge in [0.15, 0.2) is 27.3 Å². The maximum absolute atomic E-state index is 13.7. The minimum atomic E-state index is -4.08. The monoisotopic (exact) mass is 586 g/mol. The molecule has 210 valence electrons. The molecule has 0 spiro atoms. The SMILES string of the molecule is O=C(Nc1cc(F)c(F)c(F)c1)c1ccc(Cl)c(S(=O)(=O)[C@H]2CC3CCC(C2)[C@]3(O)CC(=O)N2CC(O)C2)c1. The first kappa shape index (κ1) is 27.9. The van der Waals surface area contributed by atoms with Crippen molar-refractivity contribution in [1.29, 1.82) is 0 Å². The Morgan fingerprint density at radius 1 is 1.05 bits per heavy atom. The lowest BCUT2D eigenvalue weighted by Gasteiger charge is -2.44. The topological polar surface area (TPSA) is 124 Å². The first-order chi connectivity index (χ1) is 18.3. The second kappa shape index (κ2) is 10.1. The number of nitrogens with one attached hydrogen (secondary N) is 1. The fourth-order valence-corrected chi connectivity index (χ4v) is 8.44. The smallest absolute Gasteiger partial charge is 0.255 e. The second-order valence-corrected chi connectivity index (χ2v) is 13.2. The van der Waals surface area contributed by atoms with Crippen LogP contribution in [0, 0.1) is 29.3 Å². The molecular weight excluding hydrogens is 561 g/mol. The minimum Gasteiger partial charge on any atom is -0.389 e. The number of anilines is 1. The summed E-state index contributed by atoms with van der Waals surface area (Å²) < 4.78 is 67.6. The van der Waals surface area contributed by atoms with Gasteiger partial charge in [0.2, 0.25) is 5.91 Å². The number of carbonyl (C=O) groups excluding carboxylic acids is 2. The molecule has 2 atom stereocenters. The average Bonchev–Trinajstić information content (AvgIpc) is 3.01. The highest BCUT2D eigenvalue weighted by molar-refractivity contribution is 7.92. The van der Waals surface area contributed by atoms with Crippen molar-refractivity contribution in [2.75, 3.05) is 18.4 Å². The molecule has 1 aliphatic heterocycles. The number of halogens is 4. The van der Waals surface area contributed by atoms with Crippen LogP contribution in [0.4, 0.5) is 18.9 Å². The number of fused-ring (bicyclic) bond motifs is 2. The second-order valence-electron chi connectivity index (χ2n) is 10.6. The highest BCUT2D eigenvalue weighted by Gasteiger charge is 2.57. The Balaban J connectivity index is 1.34. The number of amides is 2. The molecule has 39 heavy (non-hydrogen) atoms. The van der Waals surface area contributed by atoms with Gasteiger partial charge in [-0.25, -0.2) is 21.6 Å². The molecule has 8 nitrogen and oxygen atoms in total. The lowest BCUT2D eigenvalue weighted by atomic mass is 9.72. The summed E-state index contributed by atoms with van der Waals surface area (Å²) in [4.78, 5) is 26.5. The quantitative estimate of drug-likeness (QED) is 0.446. The van der Waals surface area contributed by atoms with Gasteiger partial charge < -0.3 is 20.4 Å². The van der Waals surface area contributed by atoms with Gasteiger partial charge in [0.1, 0.15) is 0 Å². The largest absolute Gasteiger partial charge is 0.389 e. The van der Waals surface area contributed by atoms with Crippen LogP contribution in [-0.2, 0) is 14.6 Å². The summed E-state index contributed by atoms with van der Waals surface area (Å²) in [5, 5.41) is 22.1. The van der Waals surface area contributed by atoms with Gasteiger partial charge in [-0.1, -0.05) is 11.6 Å². The summed E-state index contributed by atoms with van der Waals surface area (Å²) in [7, 11) is -4.08. The lowest BCUT2D eigenvalue weighted by molar-refractivity contribution is -0.152. The number of aliphatic hydroxyl groups excluding tert-OH is 1. The van der Waals surface area contributed by atoms with Crippen LogP contribution in [-0.4, -0.2) is 65.4 Å². The third kappa shape index (κ3) is 5.03. The summed E-state index contributed by atoms with van der Waals surface area (Å²) in [5.74, 6) is -6.71. The summed E-state index contributed by atoms with van der Waals surface area (Å²) in [5.41, 5.74) is -1.85. The van der Waals surface area contributed by atoms with Crippen molar-refractivity contribution >= 4 is 38.9 Å². The number of sulfone groups is 1. The molecule has 2 saturated carbocycles.